The maximum Gasteiger partial charge on any atom is 0.239 e. The van der Waals surface area contributed by atoms with Gasteiger partial charge in [-0.1, -0.05) is 0 Å². The van der Waals surface area contributed by atoms with Gasteiger partial charge in [-0.05, 0) is 19.8 Å². The molecule has 1 N–H and O–H groups in total. The van der Waals surface area contributed by atoms with Gasteiger partial charge in [-0.3, -0.25) is 19.6 Å². The van der Waals surface area contributed by atoms with Gasteiger partial charge in [0, 0.05) is 84.0 Å². The van der Waals surface area contributed by atoms with Crippen LogP contribution >= 0.6 is 11.8 Å². The van der Waals surface area contributed by atoms with Gasteiger partial charge in [0.2, 0.25) is 5.91 Å². The fourth-order valence-corrected chi connectivity index (χ4v) is 5.14. The number of guanidine groups is 1. The summed E-state index contributed by atoms with van der Waals surface area (Å²) in [6.07, 6.45) is 2.31. The summed E-state index contributed by atoms with van der Waals surface area (Å²) >= 11 is 2.05. The van der Waals surface area contributed by atoms with Crippen molar-refractivity contribution >= 4 is 23.6 Å². The first kappa shape index (κ1) is 20.7. The van der Waals surface area contributed by atoms with E-state index in [0.717, 1.165) is 71.2 Å². The van der Waals surface area contributed by atoms with Crippen LogP contribution in [0.25, 0.3) is 0 Å². The topological polar surface area (TPSA) is 54.4 Å². The lowest BCUT2D eigenvalue weighted by molar-refractivity contribution is -0.135. The highest BCUT2D eigenvalue weighted by molar-refractivity contribution is 7.99. The molecule has 0 aromatic carbocycles. The quantitative estimate of drug-likeness (QED) is 0.531. The van der Waals surface area contributed by atoms with Crippen molar-refractivity contribution in [2.24, 2.45) is 4.99 Å². The normalized spacial score (nSPS) is 24.3. The molecule has 3 heterocycles. The molecule has 8 heteroatoms. The number of nitrogens with one attached hydrogen (secondary N) is 1. The van der Waals surface area contributed by atoms with Crippen LogP contribution in [0.1, 0.15) is 19.8 Å². The smallest absolute Gasteiger partial charge is 0.239 e. The number of amides is 1. The maximum atomic E-state index is 12.6. The summed E-state index contributed by atoms with van der Waals surface area (Å²) in [5, 5.41) is 3.53. The average molecular weight is 397 g/mol. The molecule has 0 aromatic rings. The van der Waals surface area contributed by atoms with Crippen molar-refractivity contribution in [2.45, 2.75) is 25.8 Å². The highest BCUT2D eigenvalue weighted by Crippen LogP contribution is 2.14. The molecule has 0 radical (unpaired) electrons. The van der Waals surface area contributed by atoms with Gasteiger partial charge in [-0.2, -0.15) is 11.8 Å². The molecule has 3 aliphatic heterocycles. The lowest BCUT2D eigenvalue weighted by Crippen LogP contribution is -2.57. The number of rotatable bonds is 5. The SMILES string of the molecule is CN=C(NCCN1CCSCC1)N1CCN(C(C)C(=O)N2CCCC2)CC1. The van der Waals surface area contributed by atoms with Crippen molar-refractivity contribution in [3.63, 3.8) is 0 Å². The average Bonchev–Trinajstić information content (AvgIpc) is 3.26. The number of carbonyl (C=O) groups excluding carboxylic acids is 1. The number of hydrogen-bond acceptors (Lipinski definition) is 5. The molecule has 27 heavy (non-hydrogen) atoms. The van der Waals surface area contributed by atoms with Gasteiger partial charge in [0.25, 0.3) is 0 Å². The number of hydrogen-bond donors (Lipinski definition) is 1. The Bertz CT molecular complexity index is 496. The van der Waals surface area contributed by atoms with Crippen molar-refractivity contribution in [3.8, 4) is 0 Å². The Morgan fingerprint density at radius 1 is 1.00 bits per heavy atom. The van der Waals surface area contributed by atoms with Crippen molar-refractivity contribution in [1.29, 1.82) is 0 Å². The molecule has 0 aliphatic carbocycles. The fraction of sp³-hybridized carbons (Fsp3) is 0.895. The molecule has 1 unspecified atom stereocenters. The van der Waals surface area contributed by atoms with E-state index < -0.39 is 0 Å². The molecule has 0 bridgehead atoms. The van der Waals surface area contributed by atoms with Crippen LogP contribution in [0.5, 0.6) is 0 Å². The summed E-state index contributed by atoms with van der Waals surface area (Å²) in [6.45, 7) is 12.1. The highest BCUT2D eigenvalue weighted by atomic mass is 32.2. The van der Waals surface area contributed by atoms with E-state index in [0.29, 0.717) is 5.91 Å². The predicted molar refractivity (Wildman–Crippen MR) is 114 cm³/mol. The minimum absolute atomic E-state index is 0.00260. The predicted octanol–water partition coefficient (Wildman–Crippen LogP) is 0.239. The van der Waals surface area contributed by atoms with Gasteiger partial charge in [-0.15, -0.1) is 0 Å². The van der Waals surface area contributed by atoms with E-state index in [1.165, 1.54) is 24.6 Å². The van der Waals surface area contributed by atoms with Crippen LogP contribution in [0.15, 0.2) is 4.99 Å². The van der Waals surface area contributed by atoms with E-state index in [9.17, 15) is 4.79 Å². The first-order valence-corrected chi connectivity index (χ1v) is 11.6. The first-order valence-electron chi connectivity index (χ1n) is 10.5. The lowest BCUT2D eigenvalue weighted by Gasteiger charge is -2.39. The molecule has 3 saturated heterocycles. The zero-order valence-corrected chi connectivity index (χ0v) is 17.8. The number of piperazine rings is 1. The third kappa shape index (κ3) is 5.74. The fourth-order valence-electron chi connectivity index (χ4n) is 4.16. The van der Waals surface area contributed by atoms with E-state index in [4.69, 9.17) is 0 Å². The van der Waals surface area contributed by atoms with Gasteiger partial charge in [0.05, 0.1) is 6.04 Å². The Morgan fingerprint density at radius 2 is 1.67 bits per heavy atom. The Hall–Kier alpha value is -0.990. The number of nitrogens with zero attached hydrogens (tertiary/aromatic N) is 5. The third-order valence-electron chi connectivity index (χ3n) is 5.96. The van der Waals surface area contributed by atoms with Crippen LogP contribution in [-0.4, -0.2) is 122 Å². The number of thioether (sulfide) groups is 1. The van der Waals surface area contributed by atoms with Crippen LogP contribution in [0.4, 0.5) is 0 Å². The molecule has 0 aromatic heterocycles. The molecule has 154 valence electrons. The van der Waals surface area contributed by atoms with E-state index in [1.807, 2.05) is 11.9 Å². The second-order valence-electron chi connectivity index (χ2n) is 7.66. The summed E-state index contributed by atoms with van der Waals surface area (Å²) in [7, 11) is 1.87. The lowest BCUT2D eigenvalue weighted by atomic mass is 10.2. The zero-order valence-electron chi connectivity index (χ0n) is 17.0. The standard InChI is InChI=1S/C19H36N6OS/c1-17(18(26)24-6-3-4-7-24)23-9-11-25(12-10-23)19(20-2)21-5-8-22-13-15-27-16-14-22/h17H,3-16H2,1-2H3,(H,20,21). The molecule has 0 saturated carbocycles. The summed E-state index contributed by atoms with van der Waals surface area (Å²) in [6, 6.07) is -0.00260. The summed E-state index contributed by atoms with van der Waals surface area (Å²) in [5.41, 5.74) is 0. The van der Waals surface area contributed by atoms with Crippen molar-refractivity contribution in [2.75, 3.05) is 84.0 Å². The van der Waals surface area contributed by atoms with Crippen molar-refractivity contribution in [1.82, 2.24) is 24.9 Å². The van der Waals surface area contributed by atoms with Gasteiger partial charge < -0.3 is 15.1 Å². The molecule has 3 fully saturated rings. The summed E-state index contributed by atoms with van der Waals surface area (Å²) < 4.78 is 0. The van der Waals surface area contributed by atoms with Crippen LogP contribution in [-0.2, 0) is 4.79 Å². The molecule has 3 rings (SSSR count). The Balaban J connectivity index is 1.39. The van der Waals surface area contributed by atoms with E-state index in [1.54, 1.807) is 0 Å². The monoisotopic (exact) mass is 396 g/mol. The molecule has 1 amide bonds. The maximum absolute atomic E-state index is 12.6. The van der Waals surface area contributed by atoms with Crippen LogP contribution < -0.4 is 5.32 Å². The van der Waals surface area contributed by atoms with E-state index in [2.05, 4.69) is 43.7 Å². The van der Waals surface area contributed by atoms with Gasteiger partial charge in [0.1, 0.15) is 0 Å². The molecule has 1 atom stereocenters. The van der Waals surface area contributed by atoms with Gasteiger partial charge in [0.15, 0.2) is 5.96 Å². The molecule has 0 spiro atoms. The number of carbonyl (C=O) groups is 1. The molecule has 3 aliphatic rings. The summed E-state index contributed by atoms with van der Waals surface area (Å²) in [4.78, 5) is 26.3. The van der Waals surface area contributed by atoms with Crippen molar-refractivity contribution < 1.29 is 4.79 Å². The van der Waals surface area contributed by atoms with Crippen LogP contribution in [0.2, 0.25) is 0 Å². The Kier molecular flexibility index (Phi) is 8.08. The minimum atomic E-state index is -0.00260. The van der Waals surface area contributed by atoms with Gasteiger partial charge >= 0.3 is 0 Å². The van der Waals surface area contributed by atoms with Gasteiger partial charge in [-0.25, -0.2) is 0 Å². The zero-order chi connectivity index (χ0) is 19.1. The highest BCUT2D eigenvalue weighted by Gasteiger charge is 2.30. The first-order chi connectivity index (χ1) is 13.2. The second-order valence-corrected chi connectivity index (χ2v) is 8.88. The Labute approximate surface area is 168 Å². The molecule has 7 nitrogen and oxygen atoms in total. The molecular weight excluding hydrogens is 360 g/mol. The Morgan fingerprint density at radius 3 is 2.30 bits per heavy atom. The number of aliphatic imine (C=N–C) groups is 1. The summed E-state index contributed by atoms with van der Waals surface area (Å²) in [5.74, 6) is 3.82. The minimum Gasteiger partial charge on any atom is -0.355 e. The van der Waals surface area contributed by atoms with E-state index >= 15 is 0 Å². The van der Waals surface area contributed by atoms with Crippen LogP contribution in [0, 0.1) is 0 Å². The van der Waals surface area contributed by atoms with E-state index in [-0.39, 0.29) is 6.04 Å². The van der Waals surface area contributed by atoms with Crippen molar-refractivity contribution in [3.05, 3.63) is 0 Å². The second kappa shape index (κ2) is 10.5. The third-order valence-corrected chi connectivity index (χ3v) is 6.91. The largest absolute Gasteiger partial charge is 0.355 e. The van der Waals surface area contributed by atoms with Crippen LogP contribution in [0.3, 0.4) is 0 Å². The number of likely N-dealkylation sites (tertiary alicyclic amines) is 1. The molecular formula is C19H36N6OS.